The maximum Gasteiger partial charge on any atom is 0.233 e. The molecule has 2 N–H and O–H groups in total. The van der Waals surface area contributed by atoms with Crippen molar-refractivity contribution in [1.29, 1.82) is 0 Å². The van der Waals surface area contributed by atoms with Crippen molar-refractivity contribution < 1.29 is 19.1 Å². The molecule has 26 heavy (non-hydrogen) atoms. The van der Waals surface area contributed by atoms with E-state index in [1.165, 1.54) is 0 Å². The molecule has 6 heteroatoms. The standard InChI is InChI=1S/C20H22N2O4/c1-20(2)12-26-17-11-14(6-9-16(17)22-19(20)24)21-18(23)10-13-4-7-15(25-3)8-5-13/h4-9,11H,10,12H2,1-3H3,(H,21,23)(H,22,24). The second kappa shape index (κ2) is 7.07. The summed E-state index contributed by atoms with van der Waals surface area (Å²) in [6.07, 6.45) is 0.256. The molecule has 1 aliphatic rings. The number of amides is 2. The summed E-state index contributed by atoms with van der Waals surface area (Å²) in [5.41, 5.74) is 1.50. The van der Waals surface area contributed by atoms with Crippen LogP contribution in [0.1, 0.15) is 19.4 Å². The van der Waals surface area contributed by atoms with Crippen molar-refractivity contribution in [3.63, 3.8) is 0 Å². The Labute approximate surface area is 152 Å². The summed E-state index contributed by atoms with van der Waals surface area (Å²) in [5.74, 6) is 1.08. The number of methoxy groups -OCH3 is 1. The average molecular weight is 354 g/mol. The second-order valence-electron chi connectivity index (χ2n) is 6.91. The van der Waals surface area contributed by atoms with Crippen LogP contribution in [0.2, 0.25) is 0 Å². The van der Waals surface area contributed by atoms with Gasteiger partial charge in [-0.25, -0.2) is 0 Å². The molecule has 2 aromatic rings. The highest BCUT2D eigenvalue weighted by molar-refractivity contribution is 5.98. The van der Waals surface area contributed by atoms with Crippen LogP contribution in [0.5, 0.6) is 11.5 Å². The highest BCUT2D eigenvalue weighted by Gasteiger charge is 2.32. The third-order valence-electron chi connectivity index (χ3n) is 4.24. The Morgan fingerprint density at radius 1 is 1.23 bits per heavy atom. The van der Waals surface area contributed by atoms with Gasteiger partial charge in [-0.15, -0.1) is 0 Å². The van der Waals surface area contributed by atoms with Crippen LogP contribution in [0.4, 0.5) is 11.4 Å². The first-order valence-corrected chi connectivity index (χ1v) is 8.38. The molecule has 0 saturated heterocycles. The number of hydrogen-bond acceptors (Lipinski definition) is 4. The highest BCUT2D eigenvalue weighted by atomic mass is 16.5. The van der Waals surface area contributed by atoms with E-state index in [4.69, 9.17) is 9.47 Å². The van der Waals surface area contributed by atoms with Crippen molar-refractivity contribution >= 4 is 23.2 Å². The first kappa shape index (κ1) is 17.8. The molecule has 1 heterocycles. The van der Waals surface area contributed by atoms with Crippen molar-refractivity contribution in [1.82, 2.24) is 0 Å². The van der Waals surface area contributed by atoms with Gasteiger partial charge in [0.05, 0.1) is 24.6 Å². The summed E-state index contributed by atoms with van der Waals surface area (Å²) in [4.78, 5) is 24.4. The maximum absolute atomic E-state index is 12.3. The van der Waals surface area contributed by atoms with Gasteiger partial charge in [-0.05, 0) is 43.7 Å². The number of ether oxygens (including phenoxy) is 2. The van der Waals surface area contributed by atoms with E-state index in [1.54, 1.807) is 25.3 Å². The number of nitrogens with one attached hydrogen (secondary N) is 2. The normalized spacial score (nSPS) is 15.1. The summed E-state index contributed by atoms with van der Waals surface area (Å²) in [5, 5.41) is 5.71. The Morgan fingerprint density at radius 3 is 2.65 bits per heavy atom. The largest absolute Gasteiger partial charge is 0.497 e. The molecule has 0 saturated carbocycles. The van der Waals surface area contributed by atoms with Crippen molar-refractivity contribution in [2.24, 2.45) is 5.41 Å². The molecule has 6 nitrogen and oxygen atoms in total. The average Bonchev–Trinajstić information content (AvgIpc) is 2.72. The van der Waals surface area contributed by atoms with Crippen LogP contribution in [0.3, 0.4) is 0 Å². The van der Waals surface area contributed by atoms with Gasteiger partial charge in [0.1, 0.15) is 18.1 Å². The van der Waals surface area contributed by atoms with Gasteiger partial charge in [0, 0.05) is 11.8 Å². The van der Waals surface area contributed by atoms with Gasteiger partial charge in [-0.2, -0.15) is 0 Å². The Balaban J connectivity index is 1.68. The van der Waals surface area contributed by atoms with E-state index in [1.807, 2.05) is 38.1 Å². The topological polar surface area (TPSA) is 76.7 Å². The number of anilines is 2. The fourth-order valence-electron chi connectivity index (χ4n) is 2.57. The Morgan fingerprint density at radius 2 is 1.96 bits per heavy atom. The molecule has 0 fully saturated rings. The van der Waals surface area contributed by atoms with Crippen LogP contribution >= 0.6 is 0 Å². The van der Waals surface area contributed by atoms with Gasteiger partial charge < -0.3 is 20.1 Å². The lowest BCUT2D eigenvalue weighted by Crippen LogP contribution is -2.33. The van der Waals surface area contributed by atoms with E-state index in [9.17, 15) is 9.59 Å². The van der Waals surface area contributed by atoms with Crippen LogP contribution in [0.15, 0.2) is 42.5 Å². The number of carbonyl (C=O) groups excluding carboxylic acids is 2. The van der Waals surface area contributed by atoms with Crippen molar-refractivity contribution in [2.75, 3.05) is 24.4 Å². The quantitative estimate of drug-likeness (QED) is 0.884. The zero-order chi connectivity index (χ0) is 18.7. The predicted octanol–water partition coefficient (Wildman–Crippen LogP) is 3.23. The lowest BCUT2D eigenvalue weighted by atomic mass is 9.94. The zero-order valence-corrected chi connectivity index (χ0v) is 15.1. The fraction of sp³-hybridized carbons (Fsp3) is 0.300. The summed E-state index contributed by atoms with van der Waals surface area (Å²) in [7, 11) is 1.60. The SMILES string of the molecule is COc1ccc(CC(=O)Nc2ccc3c(c2)OCC(C)(C)C(=O)N3)cc1. The minimum atomic E-state index is -0.614. The van der Waals surface area contributed by atoms with Gasteiger partial charge in [-0.1, -0.05) is 12.1 Å². The molecule has 0 atom stereocenters. The Bertz CT molecular complexity index is 828. The number of rotatable bonds is 4. The Hall–Kier alpha value is -3.02. The third kappa shape index (κ3) is 3.96. The predicted molar refractivity (Wildman–Crippen MR) is 99.7 cm³/mol. The van der Waals surface area contributed by atoms with Crippen molar-refractivity contribution in [2.45, 2.75) is 20.3 Å². The van der Waals surface area contributed by atoms with Crippen molar-refractivity contribution in [3.8, 4) is 11.5 Å². The van der Waals surface area contributed by atoms with Crippen LogP contribution in [-0.4, -0.2) is 25.5 Å². The van der Waals surface area contributed by atoms with Gasteiger partial charge in [0.2, 0.25) is 11.8 Å². The van der Waals surface area contributed by atoms with Crippen LogP contribution in [0, 0.1) is 5.41 Å². The molecule has 2 aromatic carbocycles. The lowest BCUT2D eigenvalue weighted by Gasteiger charge is -2.18. The van der Waals surface area contributed by atoms with Gasteiger partial charge >= 0.3 is 0 Å². The van der Waals surface area contributed by atoms with E-state index in [0.717, 1.165) is 11.3 Å². The third-order valence-corrected chi connectivity index (χ3v) is 4.24. The maximum atomic E-state index is 12.3. The molecule has 3 rings (SSSR count). The first-order chi connectivity index (χ1) is 12.4. The van der Waals surface area contributed by atoms with Gasteiger partial charge in [0.25, 0.3) is 0 Å². The summed E-state index contributed by atoms with van der Waals surface area (Å²) in [6.45, 7) is 3.92. The molecular formula is C20H22N2O4. The summed E-state index contributed by atoms with van der Waals surface area (Å²) >= 11 is 0. The molecule has 0 radical (unpaired) electrons. The number of fused-ring (bicyclic) bond motifs is 1. The molecule has 0 bridgehead atoms. The molecule has 0 unspecified atom stereocenters. The monoisotopic (exact) mass is 354 g/mol. The molecule has 0 aromatic heterocycles. The Kier molecular flexibility index (Phi) is 4.84. The molecule has 136 valence electrons. The van der Waals surface area contributed by atoms with E-state index in [-0.39, 0.29) is 24.8 Å². The molecule has 0 aliphatic carbocycles. The van der Waals surface area contributed by atoms with Gasteiger partial charge in [0.15, 0.2) is 0 Å². The zero-order valence-electron chi connectivity index (χ0n) is 15.1. The smallest absolute Gasteiger partial charge is 0.233 e. The summed E-state index contributed by atoms with van der Waals surface area (Å²) < 4.78 is 10.9. The lowest BCUT2D eigenvalue weighted by molar-refractivity contribution is -0.125. The minimum absolute atomic E-state index is 0.0902. The van der Waals surface area contributed by atoms with E-state index < -0.39 is 5.41 Å². The van der Waals surface area contributed by atoms with Crippen LogP contribution < -0.4 is 20.1 Å². The number of carbonyl (C=O) groups is 2. The molecule has 1 aliphatic heterocycles. The fourth-order valence-corrected chi connectivity index (χ4v) is 2.57. The van der Waals surface area contributed by atoms with Gasteiger partial charge in [-0.3, -0.25) is 9.59 Å². The highest BCUT2D eigenvalue weighted by Crippen LogP contribution is 2.34. The summed E-state index contributed by atoms with van der Waals surface area (Å²) in [6, 6.07) is 12.6. The minimum Gasteiger partial charge on any atom is -0.497 e. The molecule has 2 amide bonds. The van der Waals surface area contributed by atoms with Crippen LogP contribution in [0.25, 0.3) is 0 Å². The molecular weight excluding hydrogens is 332 g/mol. The first-order valence-electron chi connectivity index (χ1n) is 8.38. The van der Waals surface area contributed by atoms with E-state index >= 15 is 0 Å². The second-order valence-corrected chi connectivity index (χ2v) is 6.91. The van der Waals surface area contributed by atoms with Crippen LogP contribution in [-0.2, 0) is 16.0 Å². The number of hydrogen-bond donors (Lipinski definition) is 2. The number of benzene rings is 2. The van der Waals surface area contributed by atoms with E-state index in [0.29, 0.717) is 17.1 Å². The van der Waals surface area contributed by atoms with Crippen molar-refractivity contribution in [3.05, 3.63) is 48.0 Å². The van der Waals surface area contributed by atoms with E-state index in [2.05, 4.69) is 10.6 Å². The molecule has 0 spiro atoms.